The van der Waals surface area contributed by atoms with Crippen molar-refractivity contribution in [2.75, 3.05) is 6.54 Å². The van der Waals surface area contributed by atoms with E-state index in [0.717, 1.165) is 37.6 Å². The topological polar surface area (TPSA) is 32.3 Å². The summed E-state index contributed by atoms with van der Waals surface area (Å²) in [4.78, 5) is 0. The lowest BCUT2D eigenvalue weighted by molar-refractivity contribution is 0.0182. The lowest BCUT2D eigenvalue weighted by Crippen LogP contribution is -2.43. The smallest absolute Gasteiger partial charge is 0.129 e. The van der Waals surface area contributed by atoms with Crippen LogP contribution < -0.4 is 5.32 Å². The summed E-state index contributed by atoms with van der Waals surface area (Å²) in [7, 11) is 0. The number of nitrogens with one attached hydrogen (secondary N) is 1. The van der Waals surface area contributed by atoms with Crippen LogP contribution in [0.25, 0.3) is 0 Å². The van der Waals surface area contributed by atoms with Crippen molar-refractivity contribution < 1.29 is 13.9 Å². The summed E-state index contributed by atoms with van der Waals surface area (Å²) in [6.45, 7) is 2.32. The zero-order valence-corrected chi connectivity index (χ0v) is 9.13. The molecule has 1 aliphatic rings. The Hall–Kier alpha value is -1.00. The van der Waals surface area contributed by atoms with Crippen molar-refractivity contribution >= 4 is 0 Å². The zero-order valence-electron chi connectivity index (χ0n) is 9.13. The third kappa shape index (κ3) is 1.95. The minimum atomic E-state index is -1.37. The molecule has 1 aliphatic heterocycles. The molecular formula is C12H15F2NO. The fourth-order valence-corrected chi connectivity index (χ4v) is 2.24. The molecule has 2 rings (SSSR count). The molecule has 0 spiro atoms. The van der Waals surface area contributed by atoms with Crippen molar-refractivity contribution in [2.24, 2.45) is 0 Å². The normalized spacial score (nSPS) is 24.4. The van der Waals surface area contributed by atoms with E-state index in [4.69, 9.17) is 0 Å². The van der Waals surface area contributed by atoms with Gasteiger partial charge in [-0.15, -0.1) is 0 Å². The van der Waals surface area contributed by atoms with Gasteiger partial charge in [-0.2, -0.15) is 0 Å². The van der Waals surface area contributed by atoms with Gasteiger partial charge in [0.05, 0.1) is 0 Å². The van der Waals surface area contributed by atoms with Gasteiger partial charge in [0.15, 0.2) is 0 Å². The van der Waals surface area contributed by atoms with Gasteiger partial charge in [-0.25, -0.2) is 8.78 Å². The molecule has 0 aliphatic carbocycles. The highest BCUT2D eigenvalue weighted by molar-refractivity contribution is 5.26. The van der Waals surface area contributed by atoms with Crippen molar-refractivity contribution in [1.29, 1.82) is 0 Å². The van der Waals surface area contributed by atoms with Gasteiger partial charge in [-0.05, 0) is 44.5 Å². The van der Waals surface area contributed by atoms with Crippen LogP contribution in [-0.4, -0.2) is 17.7 Å². The molecule has 0 aromatic heterocycles. The molecule has 1 saturated heterocycles. The number of aliphatic hydroxyl groups is 1. The van der Waals surface area contributed by atoms with Crippen molar-refractivity contribution in [1.82, 2.24) is 5.32 Å². The van der Waals surface area contributed by atoms with Crippen molar-refractivity contribution in [3.8, 4) is 0 Å². The van der Waals surface area contributed by atoms with E-state index >= 15 is 0 Å². The van der Waals surface area contributed by atoms with E-state index < -0.39 is 17.2 Å². The quantitative estimate of drug-likeness (QED) is 0.809. The predicted molar refractivity (Wildman–Crippen MR) is 57.0 cm³/mol. The van der Waals surface area contributed by atoms with Crippen LogP contribution in [0.1, 0.15) is 25.3 Å². The van der Waals surface area contributed by atoms with Crippen LogP contribution >= 0.6 is 0 Å². The zero-order chi connectivity index (χ0) is 11.8. The maximum absolute atomic E-state index is 13.6. The average Bonchev–Trinajstić information content (AvgIpc) is 2.75. The fourth-order valence-electron chi connectivity index (χ4n) is 2.24. The Balaban J connectivity index is 2.37. The molecule has 88 valence electrons. The lowest BCUT2D eigenvalue weighted by Gasteiger charge is -2.31. The van der Waals surface area contributed by atoms with Crippen LogP contribution in [0.4, 0.5) is 8.78 Å². The van der Waals surface area contributed by atoms with E-state index in [2.05, 4.69) is 5.32 Å². The van der Waals surface area contributed by atoms with E-state index in [1.807, 2.05) is 0 Å². The van der Waals surface area contributed by atoms with Gasteiger partial charge in [-0.3, -0.25) is 0 Å². The molecule has 1 aromatic rings. The molecule has 2 atom stereocenters. The second-order valence-electron chi connectivity index (χ2n) is 4.42. The van der Waals surface area contributed by atoms with E-state index in [1.165, 1.54) is 6.92 Å². The molecule has 2 N–H and O–H groups in total. The Bertz CT molecular complexity index is 387. The predicted octanol–water partition coefficient (Wildman–Crippen LogP) is 1.92. The summed E-state index contributed by atoms with van der Waals surface area (Å²) < 4.78 is 26.6. The van der Waals surface area contributed by atoms with E-state index in [1.54, 1.807) is 0 Å². The summed E-state index contributed by atoms with van der Waals surface area (Å²) in [5, 5.41) is 13.4. The Kier molecular flexibility index (Phi) is 2.95. The second kappa shape index (κ2) is 4.11. The standard InChI is InChI=1S/C12H15F2NO/c1-12(16,11-3-2-6-15-11)9-7-8(13)4-5-10(9)14/h4-5,7,11,15-16H,2-3,6H2,1H3. The van der Waals surface area contributed by atoms with Gasteiger partial charge in [-0.1, -0.05) is 0 Å². The molecule has 0 radical (unpaired) electrons. The van der Waals surface area contributed by atoms with Gasteiger partial charge in [0, 0.05) is 11.6 Å². The third-order valence-corrected chi connectivity index (χ3v) is 3.21. The SMILES string of the molecule is CC(O)(c1cc(F)ccc1F)C1CCCN1. The molecule has 16 heavy (non-hydrogen) atoms. The minimum absolute atomic E-state index is 0.0203. The highest BCUT2D eigenvalue weighted by atomic mass is 19.1. The second-order valence-corrected chi connectivity index (χ2v) is 4.42. The molecule has 4 heteroatoms. The van der Waals surface area contributed by atoms with Gasteiger partial charge in [0.2, 0.25) is 0 Å². The maximum Gasteiger partial charge on any atom is 0.129 e. The summed E-state index contributed by atoms with van der Waals surface area (Å²) in [6, 6.07) is 2.95. The first-order valence-electron chi connectivity index (χ1n) is 5.43. The van der Waals surface area contributed by atoms with Gasteiger partial charge in [0.1, 0.15) is 17.2 Å². The molecule has 1 fully saturated rings. The summed E-state index contributed by atoms with van der Waals surface area (Å²) in [5.41, 5.74) is -1.35. The van der Waals surface area contributed by atoms with Gasteiger partial charge in [0.25, 0.3) is 0 Å². The monoisotopic (exact) mass is 227 g/mol. The number of halogens is 2. The Labute approximate surface area is 93.3 Å². The van der Waals surface area contributed by atoms with E-state index in [9.17, 15) is 13.9 Å². The van der Waals surface area contributed by atoms with Crippen LogP contribution in [-0.2, 0) is 5.60 Å². The van der Waals surface area contributed by atoms with Gasteiger partial charge >= 0.3 is 0 Å². The molecule has 1 aromatic carbocycles. The highest BCUT2D eigenvalue weighted by Crippen LogP contribution is 2.31. The Morgan fingerprint density at radius 1 is 1.44 bits per heavy atom. The minimum Gasteiger partial charge on any atom is -0.384 e. The fraction of sp³-hybridized carbons (Fsp3) is 0.500. The van der Waals surface area contributed by atoms with Gasteiger partial charge < -0.3 is 10.4 Å². The van der Waals surface area contributed by atoms with Crippen LogP contribution in [0.2, 0.25) is 0 Å². The largest absolute Gasteiger partial charge is 0.384 e. The molecule has 0 bridgehead atoms. The Morgan fingerprint density at radius 3 is 2.81 bits per heavy atom. The molecule has 2 unspecified atom stereocenters. The number of hydrogen-bond donors (Lipinski definition) is 2. The first-order chi connectivity index (χ1) is 7.51. The molecule has 2 nitrogen and oxygen atoms in total. The lowest BCUT2D eigenvalue weighted by atomic mass is 9.87. The average molecular weight is 227 g/mol. The number of rotatable bonds is 2. The summed E-state index contributed by atoms with van der Waals surface area (Å²) in [6.07, 6.45) is 1.71. The maximum atomic E-state index is 13.6. The number of benzene rings is 1. The first-order valence-corrected chi connectivity index (χ1v) is 5.43. The molecule has 0 amide bonds. The van der Waals surface area contributed by atoms with E-state index in [-0.39, 0.29) is 11.6 Å². The van der Waals surface area contributed by atoms with Crippen LogP contribution in [0, 0.1) is 11.6 Å². The molecule has 1 heterocycles. The molecule has 0 saturated carbocycles. The first kappa shape index (κ1) is 11.5. The number of hydrogen-bond acceptors (Lipinski definition) is 2. The summed E-state index contributed by atoms with van der Waals surface area (Å²) in [5.74, 6) is -1.10. The van der Waals surface area contributed by atoms with Crippen molar-refractivity contribution in [3.05, 3.63) is 35.4 Å². The third-order valence-electron chi connectivity index (χ3n) is 3.21. The van der Waals surface area contributed by atoms with Crippen LogP contribution in [0.5, 0.6) is 0 Å². The highest BCUT2D eigenvalue weighted by Gasteiger charge is 2.37. The summed E-state index contributed by atoms with van der Waals surface area (Å²) >= 11 is 0. The van der Waals surface area contributed by atoms with Crippen molar-refractivity contribution in [2.45, 2.75) is 31.4 Å². The van der Waals surface area contributed by atoms with E-state index in [0.29, 0.717) is 0 Å². The molecular weight excluding hydrogens is 212 g/mol. The van der Waals surface area contributed by atoms with Crippen molar-refractivity contribution in [3.63, 3.8) is 0 Å². The Morgan fingerprint density at radius 2 is 2.19 bits per heavy atom. The van der Waals surface area contributed by atoms with Crippen LogP contribution in [0.15, 0.2) is 18.2 Å². The van der Waals surface area contributed by atoms with Crippen LogP contribution in [0.3, 0.4) is 0 Å².